The Labute approximate surface area is 71.8 Å². The van der Waals surface area contributed by atoms with Crippen molar-refractivity contribution in [2.45, 2.75) is 37.7 Å². The molecule has 0 saturated heterocycles. The first-order valence-corrected chi connectivity index (χ1v) is 5.17. The summed E-state index contributed by atoms with van der Waals surface area (Å²) < 4.78 is 28.9. The van der Waals surface area contributed by atoms with E-state index in [1.54, 1.807) is 0 Å². The summed E-state index contributed by atoms with van der Waals surface area (Å²) in [7, 11) is -4.77. The topological polar surface area (TPSA) is 94.8 Å². The second-order valence-electron chi connectivity index (χ2n) is 2.68. The summed E-state index contributed by atoms with van der Waals surface area (Å²) >= 11 is 0. The summed E-state index contributed by atoms with van der Waals surface area (Å²) in [6, 6.07) is 0. The molecular weight excluding hydrogens is 184 g/mol. The lowest BCUT2D eigenvalue weighted by molar-refractivity contribution is -0.0972. The fourth-order valence-corrected chi connectivity index (χ4v) is 1.14. The van der Waals surface area contributed by atoms with Crippen molar-refractivity contribution in [2.75, 3.05) is 0 Å². The van der Waals surface area contributed by atoms with Crippen LogP contribution in [-0.4, -0.2) is 28.3 Å². The molecule has 0 aliphatic heterocycles. The first-order chi connectivity index (χ1) is 5.31. The number of hydrogen-bond acceptors (Lipinski definition) is 4. The van der Waals surface area contributed by atoms with Gasteiger partial charge >= 0.3 is 10.1 Å². The lowest BCUT2D eigenvalue weighted by Gasteiger charge is -2.16. The smallest absolute Gasteiger partial charge is 0.321 e. The van der Waals surface area contributed by atoms with Gasteiger partial charge in [-0.1, -0.05) is 19.8 Å². The second-order valence-corrected chi connectivity index (χ2v) is 4.28. The van der Waals surface area contributed by atoms with E-state index in [1.165, 1.54) is 0 Å². The predicted molar refractivity (Wildman–Crippen MR) is 42.9 cm³/mol. The van der Waals surface area contributed by atoms with Gasteiger partial charge in [0.25, 0.3) is 5.12 Å². The Hall–Kier alpha value is -0.170. The van der Waals surface area contributed by atoms with E-state index in [0.717, 1.165) is 6.42 Å². The van der Waals surface area contributed by atoms with Crippen molar-refractivity contribution in [3.63, 3.8) is 0 Å². The first kappa shape index (κ1) is 11.8. The van der Waals surface area contributed by atoms with Gasteiger partial charge in [-0.3, -0.25) is 4.55 Å². The molecule has 74 valence electrons. The lowest BCUT2D eigenvalue weighted by Crippen LogP contribution is -2.37. The van der Waals surface area contributed by atoms with Gasteiger partial charge in [-0.25, -0.2) is 0 Å². The van der Waals surface area contributed by atoms with Gasteiger partial charge in [0.1, 0.15) is 0 Å². The molecule has 6 heteroatoms. The summed E-state index contributed by atoms with van der Waals surface area (Å²) in [5.74, 6) is 0. The summed E-state index contributed by atoms with van der Waals surface area (Å²) in [5, 5.41) is 14.6. The van der Waals surface area contributed by atoms with E-state index in [1.807, 2.05) is 6.92 Å². The summed E-state index contributed by atoms with van der Waals surface area (Å²) in [4.78, 5) is 0. The first-order valence-electron chi connectivity index (χ1n) is 3.73. The highest BCUT2D eigenvalue weighted by molar-refractivity contribution is 7.86. The predicted octanol–water partition coefficient (Wildman–Crippen LogP) is 0.0929. The van der Waals surface area contributed by atoms with Crippen LogP contribution in [0.3, 0.4) is 0 Å². The van der Waals surface area contributed by atoms with Gasteiger partial charge < -0.3 is 10.2 Å². The molecule has 0 aromatic carbocycles. The van der Waals surface area contributed by atoms with Crippen LogP contribution in [0.4, 0.5) is 0 Å². The Morgan fingerprint density at radius 3 is 2.08 bits per heavy atom. The van der Waals surface area contributed by atoms with Crippen LogP contribution in [0.2, 0.25) is 0 Å². The molecule has 0 aliphatic rings. The van der Waals surface area contributed by atoms with Crippen molar-refractivity contribution in [1.29, 1.82) is 0 Å². The highest BCUT2D eigenvalue weighted by Gasteiger charge is 2.37. The molecule has 0 heterocycles. The van der Waals surface area contributed by atoms with Gasteiger partial charge in [0.05, 0.1) is 0 Å². The maximum atomic E-state index is 10.3. The van der Waals surface area contributed by atoms with Crippen LogP contribution in [0.25, 0.3) is 0 Å². The molecule has 12 heavy (non-hydrogen) atoms. The Morgan fingerprint density at radius 2 is 1.75 bits per heavy atom. The monoisotopic (exact) mass is 198 g/mol. The maximum Gasteiger partial charge on any atom is 0.321 e. The van der Waals surface area contributed by atoms with Crippen LogP contribution in [0.5, 0.6) is 0 Å². The molecule has 0 amide bonds. The summed E-state index contributed by atoms with van der Waals surface area (Å²) in [5.41, 5.74) is 0. The molecule has 5 nitrogen and oxygen atoms in total. The van der Waals surface area contributed by atoms with Gasteiger partial charge in [-0.15, -0.1) is 0 Å². The minimum atomic E-state index is -4.77. The zero-order chi connectivity index (χ0) is 9.83. The summed E-state index contributed by atoms with van der Waals surface area (Å²) in [6.07, 6.45) is 1.52. The van der Waals surface area contributed by atoms with E-state index >= 15 is 0 Å². The highest BCUT2D eigenvalue weighted by Crippen LogP contribution is 2.17. The largest absolute Gasteiger partial charge is 0.352 e. The fourth-order valence-electron chi connectivity index (χ4n) is 0.734. The number of hydrogen-bond donors (Lipinski definition) is 3. The van der Waals surface area contributed by atoms with Crippen molar-refractivity contribution >= 4 is 10.1 Å². The third-order valence-corrected chi connectivity index (χ3v) is 2.55. The molecule has 0 atom stereocenters. The Bertz CT molecular complexity index is 218. The number of aliphatic hydroxyl groups is 2. The average molecular weight is 198 g/mol. The summed E-state index contributed by atoms with van der Waals surface area (Å²) in [6.45, 7) is 1.89. The van der Waals surface area contributed by atoms with Crippen LogP contribution in [0, 0.1) is 0 Å². The van der Waals surface area contributed by atoms with Crippen molar-refractivity contribution in [3.05, 3.63) is 0 Å². The minimum Gasteiger partial charge on any atom is -0.352 e. The van der Waals surface area contributed by atoms with Crippen molar-refractivity contribution < 1.29 is 23.2 Å². The van der Waals surface area contributed by atoms with E-state index in [2.05, 4.69) is 0 Å². The third kappa shape index (κ3) is 3.48. The normalized spacial score (nSPS) is 13.3. The van der Waals surface area contributed by atoms with E-state index in [0.29, 0.717) is 12.8 Å². The van der Waals surface area contributed by atoms with Crippen LogP contribution in [-0.2, 0) is 10.1 Å². The van der Waals surface area contributed by atoms with E-state index in [9.17, 15) is 8.42 Å². The van der Waals surface area contributed by atoms with Gasteiger partial charge in [0, 0.05) is 6.42 Å². The van der Waals surface area contributed by atoms with E-state index in [-0.39, 0.29) is 6.42 Å². The molecule has 0 aromatic heterocycles. The molecule has 0 bridgehead atoms. The van der Waals surface area contributed by atoms with Crippen LogP contribution >= 0.6 is 0 Å². The Morgan fingerprint density at radius 1 is 1.25 bits per heavy atom. The molecule has 0 aliphatic carbocycles. The third-order valence-electron chi connectivity index (χ3n) is 1.52. The molecule has 0 radical (unpaired) electrons. The van der Waals surface area contributed by atoms with Crippen LogP contribution in [0.1, 0.15) is 32.6 Å². The van der Waals surface area contributed by atoms with Crippen molar-refractivity contribution in [1.82, 2.24) is 0 Å². The standard InChI is InChI=1S/C6H14O5S/c1-2-3-4-5-6(7,8)12(9,10)11/h7-8H,2-5H2,1H3,(H,9,10,11). The zero-order valence-corrected chi connectivity index (χ0v) is 7.71. The van der Waals surface area contributed by atoms with Gasteiger partial charge in [-0.05, 0) is 6.42 Å². The van der Waals surface area contributed by atoms with Gasteiger partial charge in [0.2, 0.25) is 0 Å². The lowest BCUT2D eigenvalue weighted by atomic mass is 10.2. The maximum absolute atomic E-state index is 10.3. The van der Waals surface area contributed by atoms with Crippen LogP contribution < -0.4 is 0 Å². The number of rotatable bonds is 5. The SMILES string of the molecule is CCCCCC(O)(O)S(=O)(=O)O. The van der Waals surface area contributed by atoms with E-state index < -0.39 is 15.2 Å². The van der Waals surface area contributed by atoms with Crippen molar-refractivity contribution in [3.8, 4) is 0 Å². The second kappa shape index (κ2) is 4.18. The fraction of sp³-hybridized carbons (Fsp3) is 1.00. The zero-order valence-electron chi connectivity index (χ0n) is 6.89. The molecule has 0 fully saturated rings. The van der Waals surface area contributed by atoms with Crippen molar-refractivity contribution in [2.24, 2.45) is 0 Å². The Balaban J connectivity index is 4.06. The molecule has 0 unspecified atom stereocenters. The Kier molecular flexibility index (Phi) is 4.12. The number of unbranched alkanes of at least 4 members (excludes halogenated alkanes) is 2. The average Bonchev–Trinajstić information content (AvgIpc) is 1.85. The minimum absolute atomic E-state index is 0.350. The van der Waals surface area contributed by atoms with Gasteiger partial charge in [0.15, 0.2) is 0 Å². The van der Waals surface area contributed by atoms with E-state index in [4.69, 9.17) is 14.8 Å². The molecule has 0 spiro atoms. The van der Waals surface area contributed by atoms with Gasteiger partial charge in [-0.2, -0.15) is 8.42 Å². The molecule has 0 aromatic rings. The molecule has 0 saturated carbocycles. The quantitative estimate of drug-likeness (QED) is 0.330. The molecular formula is C6H14O5S. The molecule has 0 rings (SSSR count). The van der Waals surface area contributed by atoms with Crippen LogP contribution in [0.15, 0.2) is 0 Å². The highest BCUT2D eigenvalue weighted by atomic mass is 32.2. The molecule has 3 N–H and O–H groups in total.